The van der Waals surface area contributed by atoms with Crippen molar-refractivity contribution in [3.05, 3.63) is 86.6 Å². The Hall–Kier alpha value is -3.31. The maximum Gasteiger partial charge on any atom is 0.244 e. The minimum atomic E-state index is -0.506. The number of nitrogens with one attached hydrogen (secondary N) is 1. The van der Waals surface area contributed by atoms with Crippen LogP contribution in [0.2, 0.25) is 0 Å². The Morgan fingerprint density at radius 3 is 2.90 bits per heavy atom. The van der Waals surface area contributed by atoms with Crippen LogP contribution in [0.3, 0.4) is 0 Å². The Labute approximate surface area is 187 Å². The van der Waals surface area contributed by atoms with E-state index in [1.54, 1.807) is 12.1 Å². The van der Waals surface area contributed by atoms with E-state index in [2.05, 4.69) is 39.1 Å². The predicted molar refractivity (Wildman–Crippen MR) is 117 cm³/mol. The number of hydrogen-bond donors (Lipinski definition) is 2. The zero-order chi connectivity index (χ0) is 22.0. The van der Waals surface area contributed by atoms with Crippen molar-refractivity contribution >= 4 is 15.9 Å². The topological polar surface area (TPSA) is 97.0 Å². The molecule has 0 saturated heterocycles. The van der Waals surface area contributed by atoms with Crippen LogP contribution in [0.5, 0.6) is 11.6 Å². The first-order valence-corrected chi connectivity index (χ1v) is 10.6. The number of H-pyrrole nitrogens is 1. The molecule has 158 valence electrons. The highest BCUT2D eigenvalue weighted by molar-refractivity contribution is 9.10. The molecule has 1 unspecified atom stereocenters. The molecule has 0 aliphatic carbocycles. The van der Waals surface area contributed by atoms with Gasteiger partial charge in [0.15, 0.2) is 0 Å². The number of aromatic nitrogens is 2. The number of halogens is 2. The Morgan fingerprint density at radius 1 is 1.32 bits per heavy atom. The number of benzene rings is 2. The highest BCUT2D eigenvalue weighted by Crippen LogP contribution is 2.46. The van der Waals surface area contributed by atoms with Gasteiger partial charge in [-0.25, -0.2) is 4.39 Å². The molecule has 0 amide bonds. The lowest BCUT2D eigenvalue weighted by atomic mass is 9.83. The van der Waals surface area contributed by atoms with Crippen molar-refractivity contribution in [2.45, 2.75) is 32.3 Å². The average molecular weight is 483 g/mol. The summed E-state index contributed by atoms with van der Waals surface area (Å²) in [5.41, 5.74) is 9.48. The van der Waals surface area contributed by atoms with Gasteiger partial charge in [-0.3, -0.25) is 5.10 Å². The van der Waals surface area contributed by atoms with E-state index in [-0.39, 0.29) is 18.3 Å². The predicted octanol–water partition coefficient (Wildman–Crippen LogP) is 5.06. The fourth-order valence-corrected chi connectivity index (χ4v) is 4.10. The summed E-state index contributed by atoms with van der Waals surface area (Å²) in [6, 6.07) is 14.0. The molecular formula is C23H20BrFN4O2. The number of ether oxygens (including phenoxy) is 2. The van der Waals surface area contributed by atoms with Crippen LogP contribution in [0.1, 0.15) is 41.6 Å². The van der Waals surface area contributed by atoms with Crippen LogP contribution < -0.4 is 15.2 Å². The molecule has 1 aliphatic heterocycles. The van der Waals surface area contributed by atoms with Crippen molar-refractivity contribution in [2.75, 3.05) is 0 Å². The van der Waals surface area contributed by atoms with E-state index in [0.717, 1.165) is 34.1 Å². The van der Waals surface area contributed by atoms with Crippen molar-refractivity contribution in [1.82, 2.24) is 10.2 Å². The summed E-state index contributed by atoms with van der Waals surface area (Å²) in [4.78, 5) is 0. The van der Waals surface area contributed by atoms with E-state index < -0.39 is 5.92 Å². The van der Waals surface area contributed by atoms with Gasteiger partial charge in [0.05, 0.1) is 11.5 Å². The van der Waals surface area contributed by atoms with E-state index in [9.17, 15) is 9.65 Å². The van der Waals surface area contributed by atoms with Crippen molar-refractivity contribution < 1.29 is 13.9 Å². The van der Waals surface area contributed by atoms with Crippen LogP contribution in [0, 0.1) is 17.1 Å². The molecule has 0 bridgehead atoms. The highest BCUT2D eigenvalue weighted by atomic mass is 79.9. The third kappa shape index (κ3) is 4.14. The van der Waals surface area contributed by atoms with Gasteiger partial charge in [0.2, 0.25) is 11.8 Å². The van der Waals surface area contributed by atoms with Gasteiger partial charge in [-0.15, -0.1) is 5.10 Å². The van der Waals surface area contributed by atoms with E-state index in [1.807, 2.05) is 18.2 Å². The van der Waals surface area contributed by atoms with Crippen molar-refractivity contribution in [1.29, 1.82) is 5.26 Å². The standard InChI is InChI=1S/C23H20BrFN4O2/c1-2-4-18-21-20(17(11-26)22(27)31-23(21)29-28-18)16-10-14(24)7-8-19(16)30-12-13-5-3-6-15(25)9-13/h3,5-10,20H,2,4,12,27H2,1H3,(H,28,29). The van der Waals surface area contributed by atoms with Gasteiger partial charge in [0, 0.05) is 15.7 Å². The van der Waals surface area contributed by atoms with Crippen LogP contribution >= 0.6 is 15.9 Å². The molecule has 2 aromatic carbocycles. The fraction of sp³-hybridized carbons (Fsp3) is 0.217. The Bertz CT molecular complexity index is 1200. The summed E-state index contributed by atoms with van der Waals surface area (Å²) < 4.78 is 26.1. The first-order valence-electron chi connectivity index (χ1n) is 9.83. The quantitative estimate of drug-likeness (QED) is 0.511. The Kier molecular flexibility index (Phi) is 5.96. The van der Waals surface area contributed by atoms with Crippen LogP contribution in [0.25, 0.3) is 0 Å². The van der Waals surface area contributed by atoms with Gasteiger partial charge in [-0.2, -0.15) is 5.26 Å². The minimum absolute atomic E-state index is 0.0191. The Balaban J connectivity index is 1.80. The zero-order valence-corrected chi connectivity index (χ0v) is 18.4. The van der Waals surface area contributed by atoms with E-state index in [1.165, 1.54) is 12.1 Å². The molecular weight excluding hydrogens is 463 g/mol. The molecule has 2 heterocycles. The monoisotopic (exact) mass is 482 g/mol. The maximum atomic E-state index is 13.6. The highest BCUT2D eigenvalue weighted by Gasteiger charge is 2.36. The number of hydrogen-bond acceptors (Lipinski definition) is 5. The maximum absolute atomic E-state index is 13.6. The van der Waals surface area contributed by atoms with Crippen LogP contribution in [-0.4, -0.2) is 10.2 Å². The van der Waals surface area contributed by atoms with Gasteiger partial charge in [-0.1, -0.05) is 41.4 Å². The molecule has 31 heavy (non-hydrogen) atoms. The largest absolute Gasteiger partial charge is 0.489 e. The van der Waals surface area contributed by atoms with Gasteiger partial charge < -0.3 is 15.2 Å². The fourth-order valence-electron chi connectivity index (χ4n) is 3.72. The van der Waals surface area contributed by atoms with Crippen LogP contribution in [0.4, 0.5) is 4.39 Å². The normalized spacial score (nSPS) is 15.2. The second-order valence-corrected chi connectivity index (χ2v) is 8.11. The minimum Gasteiger partial charge on any atom is -0.489 e. The number of aromatic amines is 1. The smallest absolute Gasteiger partial charge is 0.244 e. The number of aryl methyl sites for hydroxylation is 1. The second-order valence-electron chi connectivity index (χ2n) is 7.20. The number of rotatable bonds is 6. The van der Waals surface area contributed by atoms with Crippen molar-refractivity contribution in [3.8, 4) is 17.7 Å². The molecule has 4 rings (SSSR count). The van der Waals surface area contributed by atoms with Gasteiger partial charge in [-0.05, 0) is 42.3 Å². The Morgan fingerprint density at radius 2 is 2.16 bits per heavy atom. The SMILES string of the molecule is CCCc1[nH]nc2c1C(c1cc(Br)ccc1OCc1cccc(F)c1)C(C#N)=C(N)O2. The molecule has 3 aromatic rings. The summed E-state index contributed by atoms with van der Waals surface area (Å²) in [5, 5.41) is 17.2. The summed E-state index contributed by atoms with van der Waals surface area (Å²) in [5.74, 6) is 0.117. The third-order valence-electron chi connectivity index (χ3n) is 5.08. The lowest BCUT2D eigenvalue weighted by Gasteiger charge is -2.26. The van der Waals surface area contributed by atoms with Crippen LogP contribution in [0.15, 0.2) is 58.4 Å². The molecule has 1 aromatic heterocycles. The van der Waals surface area contributed by atoms with E-state index >= 15 is 0 Å². The first-order chi connectivity index (χ1) is 15.0. The molecule has 0 radical (unpaired) electrons. The number of allylic oxidation sites excluding steroid dienone is 1. The third-order valence-corrected chi connectivity index (χ3v) is 5.58. The first kappa shape index (κ1) is 20.9. The van der Waals surface area contributed by atoms with Crippen LogP contribution in [-0.2, 0) is 13.0 Å². The van der Waals surface area contributed by atoms with Crippen molar-refractivity contribution in [2.24, 2.45) is 5.73 Å². The molecule has 0 fully saturated rings. The lowest BCUT2D eigenvalue weighted by Crippen LogP contribution is -2.21. The molecule has 0 saturated carbocycles. The lowest BCUT2D eigenvalue weighted by molar-refractivity contribution is 0.301. The number of fused-ring (bicyclic) bond motifs is 1. The summed E-state index contributed by atoms with van der Waals surface area (Å²) in [6.45, 7) is 2.24. The van der Waals surface area contributed by atoms with Crippen molar-refractivity contribution in [3.63, 3.8) is 0 Å². The summed E-state index contributed by atoms with van der Waals surface area (Å²) >= 11 is 3.52. The molecule has 0 spiro atoms. The van der Waals surface area contributed by atoms with Gasteiger partial charge in [0.1, 0.15) is 29.8 Å². The van der Waals surface area contributed by atoms with E-state index in [4.69, 9.17) is 15.2 Å². The second kappa shape index (κ2) is 8.82. The molecule has 1 atom stereocenters. The summed E-state index contributed by atoms with van der Waals surface area (Å²) in [7, 11) is 0. The van der Waals surface area contributed by atoms with E-state index in [0.29, 0.717) is 22.8 Å². The van der Waals surface area contributed by atoms with Gasteiger partial charge in [0.25, 0.3) is 0 Å². The number of nitriles is 1. The number of nitrogens with two attached hydrogens (primary N) is 1. The molecule has 6 nitrogen and oxygen atoms in total. The zero-order valence-electron chi connectivity index (χ0n) is 16.8. The van der Waals surface area contributed by atoms with Gasteiger partial charge >= 0.3 is 0 Å². The average Bonchev–Trinajstić information content (AvgIpc) is 3.14. The molecule has 8 heteroatoms. The number of nitrogens with zero attached hydrogens (tertiary/aromatic N) is 2. The molecule has 1 aliphatic rings. The molecule has 3 N–H and O–H groups in total. The summed E-state index contributed by atoms with van der Waals surface area (Å²) in [6.07, 6.45) is 1.64.